The van der Waals surface area contributed by atoms with Crippen molar-refractivity contribution in [1.29, 1.82) is 0 Å². The van der Waals surface area contributed by atoms with E-state index >= 15 is 0 Å². The molecule has 22 heavy (non-hydrogen) atoms. The van der Waals surface area contributed by atoms with E-state index in [1.165, 1.54) is 6.08 Å². The van der Waals surface area contributed by atoms with Crippen molar-refractivity contribution >= 4 is 33.4 Å². The third kappa shape index (κ3) is 3.27. The van der Waals surface area contributed by atoms with Crippen LogP contribution in [0.2, 0.25) is 0 Å². The second kappa shape index (κ2) is 6.60. The number of rotatable bonds is 5. The lowest BCUT2D eigenvalue weighted by Crippen LogP contribution is -2.26. The summed E-state index contributed by atoms with van der Waals surface area (Å²) < 4.78 is 6.23. The highest BCUT2D eigenvalue weighted by Crippen LogP contribution is 2.29. The molecule has 1 atom stereocenters. The maximum Gasteiger partial charge on any atom is 0.244 e. The van der Waals surface area contributed by atoms with Crippen LogP contribution < -0.4 is 5.32 Å². The number of nitrogens with one attached hydrogen (secondary N) is 1. The molecule has 2 N–H and O–H groups in total. The molecule has 0 bridgehead atoms. The lowest BCUT2D eigenvalue weighted by atomic mass is 10.1. The molecule has 2 heterocycles. The molecule has 3 rings (SSSR count). The molecule has 0 fully saturated rings. The number of hydrogen-bond donors (Lipinski definition) is 2. The zero-order valence-corrected chi connectivity index (χ0v) is 12.5. The largest absolute Gasteiger partial charge is 0.465 e. The molecule has 3 aromatic rings. The normalized spacial score (nSPS) is 12.8. The minimum absolute atomic E-state index is 0.169. The number of fused-ring (bicyclic) bond motifs is 1. The van der Waals surface area contributed by atoms with Crippen molar-refractivity contribution in [1.82, 2.24) is 5.32 Å². The van der Waals surface area contributed by atoms with Crippen LogP contribution in [0.15, 0.2) is 58.5 Å². The summed E-state index contributed by atoms with van der Waals surface area (Å²) in [6.07, 6.45) is 3.79. The number of benzene rings is 1. The first-order valence-electron chi connectivity index (χ1n) is 6.87. The van der Waals surface area contributed by atoms with Crippen LogP contribution in [0.4, 0.5) is 0 Å². The van der Waals surface area contributed by atoms with Gasteiger partial charge in [0.1, 0.15) is 5.76 Å². The summed E-state index contributed by atoms with van der Waals surface area (Å²) in [5.74, 6) is 0.342. The highest BCUT2D eigenvalue weighted by atomic mass is 32.1. The van der Waals surface area contributed by atoms with E-state index in [4.69, 9.17) is 4.42 Å². The highest BCUT2D eigenvalue weighted by molar-refractivity contribution is 7.17. The summed E-state index contributed by atoms with van der Waals surface area (Å²) in [7, 11) is 0. The minimum atomic E-state index is -0.725. The number of amides is 1. The number of thiophene rings is 1. The first-order valence-corrected chi connectivity index (χ1v) is 7.75. The Bertz CT molecular complexity index is 789. The van der Waals surface area contributed by atoms with Gasteiger partial charge < -0.3 is 14.8 Å². The van der Waals surface area contributed by atoms with Crippen LogP contribution in [-0.2, 0) is 4.79 Å². The lowest BCUT2D eigenvalue weighted by Gasteiger charge is -2.10. The van der Waals surface area contributed by atoms with Gasteiger partial charge in [0.2, 0.25) is 5.91 Å². The topological polar surface area (TPSA) is 62.5 Å². The Labute approximate surface area is 131 Å². The second-order valence-corrected chi connectivity index (χ2v) is 5.71. The Morgan fingerprint density at radius 3 is 3.00 bits per heavy atom. The summed E-state index contributed by atoms with van der Waals surface area (Å²) in [6, 6.07) is 11.4. The Morgan fingerprint density at radius 2 is 2.18 bits per heavy atom. The SMILES string of the molecule is O=C(/C=C/c1ccco1)NCC(O)c1csc2ccccc12. The monoisotopic (exact) mass is 313 g/mol. The van der Waals surface area contributed by atoms with Crippen molar-refractivity contribution in [2.75, 3.05) is 6.54 Å². The zero-order valence-electron chi connectivity index (χ0n) is 11.7. The maximum absolute atomic E-state index is 11.7. The molecule has 1 unspecified atom stereocenters. The van der Waals surface area contributed by atoms with Crippen molar-refractivity contribution < 1.29 is 14.3 Å². The smallest absolute Gasteiger partial charge is 0.244 e. The standard InChI is InChI=1S/C17H15NO3S/c19-15(14-11-22-16-6-2-1-5-13(14)16)10-18-17(20)8-7-12-4-3-9-21-12/h1-9,11,15,19H,10H2,(H,18,20)/b8-7+. The lowest BCUT2D eigenvalue weighted by molar-refractivity contribution is -0.116. The van der Waals surface area contributed by atoms with Crippen LogP contribution in [-0.4, -0.2) is 17.6 Å². The van der Waals surface area contributed by atoms with Gasteiger partial charge in [0.25, 0.3) is 0 Å². The number of aliphatic hydroxyl groups is 1. The van der Waals surface area contributed by atoms with Gasteiger partial charge in [0, 0.05) is 22.9 Å². The molecular formula is C17H15NO3S. The molecule has 2 aromatic heterocycles. The van der Waals surface area contributed by atoms with Gasteiger partial charge in [-0.2, -0.15) is 0 Å². The van der Waals surface area contributed by atoms with Gasteiger partial charge in [-0.3, -0.25) is 4.79 Å². The Morgan fingerprint density at radius 1 is 1.32 bits per heavy atom. The van der Waals surface area contributed by atoms with Gasteiger partial charge in [-0.25, -0.2) is 0 Å². The number of carbonyl (C=O) groups is 1. The van der Waals surface area contributed by atoms with E-state index in [0.29, 0.717) is 5.76 Å². The van der Waals surface area contributed by atoms with Crippen LogP contribution in [0.1, 0.15) is 17.4 Å². The first kappa shape index (κ1) is 14.6. The molecule has 1 amide bonds. The quantitative estimate of drug-likeness (QED) is 0.710. The van der Waals surface area contributed by atoms with Crippen LogP contribution in [0.25, 0.3) is 16.2 Å². The summed E-state index contributed by atoms with van der Waals surface area (Å²) in [5, 5.41) is 15.9. The molecule has 0 aliphatic heterocycles. The van der Waals surface area contributed by atoms with E-state index in [2.05, 4.69) is 5.32 Å². The maximum atomic E-state index is 11.7. The number of carbonyl (C=O) groups excluding carboxylic acids is 1. The molecule has 0 aliphatic rings. The summed E-state index contributed by atoms with van der Waals surface area (Å²) >= 11 is 1.59. The predicted octanol–water partition coefficient (Wildman–Crippen LogP) is 3.36. The minimum Gasteiger partial charge on any atom is -0.465 e. The van der Waals surface area contributed by atoms with Crippen molar-refractivity contribution in [3.05, 3.63) is 65.4 Å². The predicted molar refractivity (Wildman–Crippen MR) is 87.5 cm³/mol. The van der Waals surface area contributed by atoms with Crippen molar-refractivity contribution in [3.8, 4) is 0 Å². The van der Waals surface area contributed by atoms with Crippen LogP contribution in [0.3, 0.4) is 0 Å². The number of hydrogen-bond acceptors (Lipinski definition) is 4. The van der Waals surface area contributed by atoms with Crippen molar-refractivity contribution in [3.63, 3.8) is 0 Å². The fourth-order valence-electron chi connectivity index (χ4n) is 2.17. The molecular weight excluding hydrogens is 298 g/mol. The third-order valence-corrected chi connectivity index (χ3v) is 4.26. The van der Waals surface area contributed by atoms with Gasteiger partial charge in [-0.05, 0) is 35.0 Å². The van der Waals surface area contributed by atoms with E-state index in [1.807, 2.05) is 29.6 Å². The molecule has 5 heteroatoms. The molecule has 0 spiro atoms. The highest BCUT2D eigenvalue weighted by Gasteiger charge is 2.13. The fraction of sp³-hybridized carbons (Fsp3) is 0.118. The molecule has 0 aliphatic carbocycles. The van der Waals surface area contributed by atoms with Gasteiger partial charge in [-0.15, -0.1) is 11.3 Å². The van der Waals surface area contributed by atoms with Gasteiger partial charge in [0.15, 0.2) is 0 Å². The van der Waals surface area contributed by atoms with Crippen LogP contribution in [0.5, 0.6) is 0 Å². The zero-order chi connectivity index (χ0) is 15.4. The second-order valence-electron chi connectivity index (χ2n) is 4.80. The van der Waals surface area contributed by atoms with E-state index in [9.17, 15) is 9.90 Å². The Kier molecular flexibility index (Phi) is 4.37. The molecule has 0 radical (unpaired) electrons. The molecule has 0 saturated carbocycles. The van der Waals surface area contributed by atoms with Gasteiger partial charge >= 0.3 is 0 Å². The van der Waals surface area contributed by atoms with Crippen LogP contribution in [0, 0.1) is 0 Å². The average molecular weight is 313 g/mol. The first-order chi connectivity index (χ1) is 10.7. The van der Waals surface area contributed by atoms with E-state index in [1.54, 1.807) is 35.8 Å². The average Bonchev–Trinajstić information content (AvgIpc) is 3.19. The van der Waals surface area contributed by atoms with E-state index < -0.39 is 6.10 Å². The number of furan rings is 1. The van der Waals surface area contributed by atoms with Crippen molar-refractivity contribution in [2.45, 2.75) is 6.10 Å². The molecule has 112 valence electrons. The van der Waals surface area contributed by atoms with Crippen LogP contribution >= 0.6 is 11.3 Å². The van der Waals surface area contributed by atoms with E-state index in [-0.39, 0.29) is 12.5 Å². The summed E-state index contributed by atoms with van der Waals surface area (Å²) in [5.41, 5.74) is 0.843. The third-order valence-electron chi connectivity index (χ3n) is 3.28. The molecule has 4 nitrogen and oxygen atoms in total. The fourth-order valence-corrected chi connectivity index (χ4v) is 3.17. The van der Waals surface area contributed by atoms with Crippen molar-refractivity contribution in [2.24, 2.45) is 0 Å². The van der Waals surface area contributed by atoms with Gasteiger partial charge in [0.05, 0.1) is 12.4 Å². The Hall–Kier alpha value is -2.37. The summed E-state index contributed by atoms with van der Waals surface area (Å²) in [4.78, 5) is 11.7. The van der Waals surface area contributed by atoms with E-state index in [0.717, 1.165) is 15.6 Å². The molecule has 1 aromatic carbocycles. The molecule has 0 saturated heterocycles. The Balaban J connectivity index is 1.60. The number of aliphatic hydroxyl groups excluding tert-OH is 1. The summed E-state index contributed by atoms with van der Waals surface area (Å²) in [6.45, 7) is 0.169. The van der Waals surface area contributed by atoms with Gasteiger partial charge in [-0.1, -0.05) is 18.2 Å².